The Morgan fingerprint density at radius 3 is 1.83 bits per heavy atom. The Balaban J connectivity index is 1.55. The Morgan fingerprint density at radius 2 is 1.23 bits per heavy atom. The highest BCUT2D eigenvalue weighted by atomic mass is 16.5. The van der Waals surface area contributed by atoms with E-state index in [1.807, 2.05) is 36.4 Å². The van der Waals surface area contributed by atoms with Gasteiger partial charge in [-0.05, 0) is 56.0 Å². The van der Waals surface area contributed by atoms with Crippen LogP contribution in [-0.4, -0.2) is 60.4 Å². The van der Waals surface area contributed by atoms with E-state index in [1.54, 1.807) is 55.5 Å². The highest BCUT2D eigenvalue weighted by molar-refractivity contribution is 5.95. The van der Waals surface area contributed by atoms with Gasteiger partial charge >= 0.3 is 11.9 Å². The Labute approximate surface area is 274 Å². The number of hydrogen-bond donors (Lipinski definition) is 4. The van der Waals surface area contributed by atoms with E-state index in [2.05, 4.69) is 16.0 Å². The van der Waals surface area contributed by atoms with Crippen molar-refractivity contribution >= 4 is 29.7 Å². The van der Waals surface area contributed by atoms with Crippen molar-refractivity contribution in [3.8, 4) is 5.75 Å². The SMILES string of the molecule is CCOC(=O)[C@H](C)NC(=O)[C@H](CC(=O)OCc1ccccc1)NC(=O)[C@@H](C)NC(=O)[C@H](N)Cc1ccc(OCc2ccccc2)cc1. The summed E-state index contributed by atoms with van der Waals surface area (Å²) in [6.07, 6.45) is -0.325. The third-order valence-electron chi connectivity index (χ3n) is 6.96. The van der Waals surface area contributed by atoms with Gasteiger partial charge in [0.2, 0.25) is 17.7 Å². The van der Waals surface area contributed by atoms with E-state index in [9.17, 15) is 24.0 Å². The first kappa shape index (κ1) is 36.2. The standard InChI is InChI=1S/C35H42N4O8/c1-4-45-35(44)24(3)38-34(43)30(20-31(40)47-22-27-13-9-6-10-14-27)39-32(41)23(2)37-33(42)29(36)19-25-15-17-28(18-16-25)46-21-26-11-7-5-8-12-26/h5-18,23-24,29-30H,4,19-22,36H2,1-3H3,(H,37,42)(H,38,43)(H,39,41)/t23-,24+,29-,30+/m1/s1. The lowest BCUT2D eigenvalue weighted by molar-refractivity contribution is -0.148. The maximum atomic E-state index is 13.1. The molecule has 3 amide bonds. The maximum absolute atomic E-state index is 13.1. The highest BCUT2D eigenvalue weighted by Gasteiger charge is 2.30. The summed E-state index contributed by atoms with van der Waals surface area (Å²) in [4.78, 5) is 63.6. The van der Waals surface area contributed by atoms with Crippen molar-refractivity contribution in [3.05, 3.63) is 102 Å². The van der Waals surface area contributed by atoms with Crippen LogP contribution in [0.3, 0.4) is 0 Å². The minimum Gasteiger partial charge on any atom is -0.489 e. The summed E-state index contributed by atoms with van der Waals surface area (Å²) in [6, 6.07) is 21.3. The van der Waals surface area contributed by atoms with Crippen molar-refractivity contribution < 1.29 is 38.2 Å². The number of nitrogens with two attached hydrogens (primary N) is 1. The van der Waals surface area contributed by atoms with Gasteiger partial charge in [-0.2, -0.15) is 0 Å². The van der Waals surface area contributed by atoms with Crippen molar-refractivity contribution in [3.63, 3.8) is 0 Å². The topological polar surface area (TPSA) is 175 Å². The summed E-state index contributed by atoms with van der Waals surface area (Å²) < 4.78 is 16.0. The number of carbonyl (C=O) groups excluding carboxylic acids is 5. The lowest BCUT2D eigenvalue weighted by atomic mass is 10.1. The second-order valence-corrected chi connectivity index (χ2v) is 10.9. The van der Waals surface area contributed by atoms with E-state index in [4.69, 9.17) is 19.9 Å². The molecule has 0 radical (unpaired) electrons. The third-order valence-corrected chi connectivity index (χ3v) is 6.96. The summed E-state index contributed by atoms with van der Waals surface area (Å²) in [6.45, 7) is 4.96. The van der Waals surface area contributed by atoms with Crippen LogP contribution in [0, 0.1) is 0 Å². The van der Waals surface area contributed by atoms with Gasteiger partial charge in [0, 0.05) is 0 Å². The molecule has 0 aliphatic heterocycles. The molecule has 0 aliphatic carbocycles. The zero-order valence-corrected chi connectivity index (χ0v) is 26.8. The second-order valence-electron chi connectivity index (χ2n) is 10.9. The average molecular weight is 647 g/mol. The Bertz CT molecular complexity index is 1470. The molecule has 250 valence electrons. The normalized spacial score (nSPS) is 13.2. The molecule has 0 unspecified atom stereocenters. The molecular weight excluding hydrogens is 604 g/mol. The van der Waals surface area contributed by atoms with Crippen LogP contribution in [0.15, 0.2) is 84.9 Å². The lowest BCUT2D eigenvalue weighted by Crippen LogP contribution is -2.56. The van der Waals surface area contributed by atoms with E-state index in [-0.39, 0.29) is 19.6 Å². The predicted molar refractivity (Wildman–Crippen MR) is 174 cm³/mol. The first-order valence-corrected chi connectivity index (χ1v) is 15.3. The van der Waals surface area contributed by atoms with E-state index in [0.29, 0.717) is 12.4 Å². The van der Waals surface area contributed by atoms with Crippen molar-refractivity contribution in [2.24, 2.45) is 5.73 Å². The van der Waals surface area contributed by atoms with Crippen LogP contribution in [0.4, 0.5) is 0 Å². The van der Waals surface area contributed by atoms with Gasteiger partial charge in [-0.1, -0.05) is 72.8 Å². The van der Waals surface area contributed by atoms with E-state index in [1.165, 1.54) is 13.8 Å². The van der Waals surface area contributed by atoms with Crippen molar-refractivity contribution in [1.82, 2.24) is 16.0 Å². The molecule has 3 aromatic rings. The predicted octanol–water partition coefficient (Wildman–Crippen LogP) is 2.33. The molecule has 0 saturated carbocycles. The Kier molecular flexibility index (Phi) is 14.4. The van der Waals surface area contributed by atoms with Crippen LogP contribution in [0.1, 0.15) is 43.9 Å². The number of hydrogen-bond acceptors (Lipinski definition) is 9. The van der Waals surface area contributed by atoms with Gasteiger partial charge < -0.3 is 35.9 Å². The average Bonchev–Trinajstić information content (AvgIpc) is 3.07. The van der Waals surface area contributed by atoms with Gasteiger partial charge in [-0.3, -0.25) is 19.2 Å². The van der Waals surface area contributed by atoms with Gasteiger partial charge in [-0.25, -0.2) is 4.79 Å². The molecule has 0 fully saturated rings. The van der Waals surface area contributed by atoms with Gasteiger partial charge in [0.05, 0.1) is 19.1 Å². The zero-order valence-electron chi connectivity index (χ0n) is 26.8. The van der Waals surface area contributed by atoms with Gasteiger partial charge in [0.15, 0.2) is 0 Å². The van der Waals surface area contributed by atoms with E-state index < -0.39 is 60.2 Å². The summed E-state index contributed by atoms with van der Waals surface area (Å²) in [5.74, 6) is -2.90. The summed E-state index contributed by atoms with van der Waals surface area (Å²) in [5.41, 5.74) is 8.70. The second kappa shape index (κ2) is 18.7. The van der Waals surface area contributed by atoms with E-state index in [0.717, 1.165) is 16.7 Å². The fraction of sp³-hybridized carbons (Fsp3) is 0.343. The lowest BCUT2D eigenvalue weighted by Gasteiger charge is -2.23. The number of ether oxygens (including phenoxy) is 3. The molecule has 5 N–H and O–H groups in total. The first-order valence-electron chi connectivity index (χ1n) is 15.3. The molecule has 0 heterocycles. The van der Waals surface area contributed by atoms with Crippen molar-refractivity contribution in [2.75, 3.05) is 6.61 Å². The number of rotatable bonds is 17. The van der Waals surface area contributed by atoms with Crippen LogP contribution in [0.25, 0.3) is 0 Å². The molecule has 47 heavy (non-hydrogen) atoms. The van der Waals surface area contributed by atoms with Crippen molar-refractivity contribution in [1.29, 1.82) is 0 Å². The fourth-order valence-corrected chi connectivity index (χ4v) is 4.31. The molecule has 0 aromatic heterocycles. The fourth-order valence-electron chi connectivity index (χ4n) is 4.31. The molecule has 4 atom stereocenters. The minimum atomic E-state index is -1.40. The van der Waals surface area contributed by atoms with Crippen LogP contribution >= 0.6 is 0 Å². The molecule has 3 rings (SSSR count). The third kappa shape index (κ3) is 12.6. The smallest absolute Gasteiger partial charge is 0.328 e. The van der Waals surface area contributed by atoms with Gasteiger partial charge in [-0.15, -0.1) is 0 Å². The summed E-state index contributed by atoms with van der Waals surface area (Å²) in [7, 11) is 0. The van der Waals surface area contributed by atoms with E-state index >= 15 is 0 Å². The van der Waals surface area contributed by atoms with Crippen LogP contribution in [-0.2, 0) is 53.1 Å². The molecular formula is C35H42N4O8. The Morgan fingerprint density at radius 1 is 0.660 bits per heavy atom. The van der Waals surface area contributed by atoms with Crippen LogP contribution in [0.2, 0.25) is 0 Å². The number of esters is 2. The monoisotopic (exact) mass is 646 g/mol. The van der Waals surface area contributed by atoms with Crippen LogP contribution < -0.4 is 26.4 Å². The zero-order chi connectivity index (χ0) is 34.2. The van der Waals surface area contributed by atoms with Crippen LogP contribution in [0.5, 0.6) is 5.75 Å². The first-order chi connectivity index (χ1) is 22.5. The largest absolute Gasteiger partial charge is 0.489 e. The highest BCUT2D eigenvalue weighted by Crippen LogP contribution is 2.15. The molecule has 0 aliphatic rings. The number of carbonyl (C=O) groups is 5. The number of amides is 3. The number of nitrogens with one attached hydrogen (secondary N) is 3. The maximum Gasteiger partial charge on any atom is 0.328 e. The molecule has 0 saturated heterocycles. The van der Waals surface area contributed by atoms with Gasteiger partial charge in [0.25, 0.3) is 0 Å². The van der Waals surface area contributed by atoms with Gasteiger partial charge in [0.1, 0.15) is 37.1 Å². The minimum absolute atomic E-state index is 0.0328. The molecule has 12 heteroatoms. The molecule has 3 aromatic carbocycles. The molecule has 0 bridgehead atoms. The summed E-state index contributed by atoms with van der Waals surface area (Å²) >= 11 is 0. The molecule has 0 spiro atoms. The Hall–Kier alpha value is -5.23. The quantitative estimate of drug-likeness (QED) is 0.160. The van der Waals surface area contributed by atoms with Crippen molar-refractivity contribution in [2.45, 2.75) is 71.0 Å². The summed E-state index contributed by atoms with van der Waals surface area (Å²) in [5, 5.41) is 7.46. The molecule has 12 nitrogen and oxygen atoms in total. The number of benzene rings is 3.